The maximum absolute atomic E-state index is 12.6. The third-order valence-electron chi connectivity index (χ3n) is 5.55. The summed E-state index contributed by atoms with van der Waals surface area (Å²) in [6.07, 6.45) is 1.54. The number of carbonyl (C=O) groups is 1. The molecule has 6 nitrogen and oxygen atoms in total. The van der Waals surface area contributed by atoms with Gasteiger partial charge in [0.05, 0.1) is 17.2 Å². The molecule has 6 heteroatoms. The van der Waals surface area contributed by atoms with E-state index in [1.807, 2.05) is 30.3 Å². The fraction of sp³-hybridized carbons (Fsp3) is 0.348. The first-order valence-electron chi connectivity index (χ1n) is 10.2. The van der Waals surface area contributed by atoms with E-state index in [2.05, 4.69) is 50.2 Å². The molecule has 2 heterocycles. The van der Waals surface area contributed by atoms with E-state index in [0.29, 0.717) is 12.2 Å². The molecule has 0 spiro atoms. The maximum Gasteiger partial charge on any atom is 0.271 e. The first-order valence-corrected chi connectivity index (χ1v) is 10.2. The Morgan fingerprint density at radius 3 is 2.34 bits per heavy atom. The van der Waals surface area contributed by atoms with E-state index in [-0.39, 0.29) is 5.91 Å². The van der Waals surface area contributed by atoms with E-state index in [1.54, 1.807) is 0 Å². The Labute approximate surface area is 171 Å². The van der Waals surface area contributed by atoms with E-state index < -0.39 is 0 Å². The molecule has 1 aromatic heterocycles. The normalized spacial score (nSPS) is 15.5. The van der Waals surface area contributed by atoms with E-state index >= 15 is 0 Å². The molecule has 1 saturated heterocycles. The van der Waals surface area contributed by atoms with E-state index in [1.165, 1.54) is 11.8 Å². The molecule has 1 fully saturated rings. The molecule has 0 atom stereocenters. The van der Waals surface area contributed by atoms with Gasteiger partial charge in [0.25, 0.3) is 5.91 Å². The van der Waals surface area contributed by atoms with Gasteiger partial charge >= 0.3 is 0 Å². The number of para-hydroxylation sites is 2. The lowest BCUT2D eigenvalue weighted by molar-refractivity contribution is 0.0945. The predicted octanol–water partition coefficient (Wildman–Crippen LogP) is 2.70. The van der Waals surface area contributed by atoms with Gasteiger partial charge in [-0.15, -0.1) is 0 Å². The van der Waals surface area contributed by atoms with Crippen LogP contribution >= 0.6 is 0 Å². The third-order valence-corrected chi connectivity index (χ3v) is 5.55. The van der Waals surface area contributed by atoms with Crippen molar-refractivity contribution in [2.45, 2.75) is 20.0 Å². The number of fused-ring (bicyclic) bond motifs is 1. The van der Waals surface area contributed by atoms with E-state index in [9.17, 15) is 4.79 Å². The number of rotatable bonds is 6. The third kappa shape index (κ3) is 4.78. The summed E-state index contributed by atoms with van der Waals surface area (Å²) in [6.45, 7) is 9.15. The number of aromatic nitrogens is 2. The summed E-state index contributed by atoms with van der Waals surface area (Å²) >= 11 is 0. The fourth-order valence-corrected chi connectivity index (χ4v) is 3.72. The van der Waals surface area contributed by atoms with Crippen LogP contribution < -0.4 is 5.32 Å². The van der Waals surface area contributed by atoms with Crippen molar-refractivity contribution < 1.29 is 4.79 Å². The van der Waals surface area contributed by atoms with Gasteiger partial charge in [-0.3, -0.25) is 14.7 Å². The van der Waals surface area contributed by atoms with Crippen molar-refractivity contribution in [3.05, 3.63) is 71.5 Å². The smallest absolute Gasteiger partial charge is 0.271 e. The first-order chi connectivity index (χ1) is 14.2. The molecule has 1 amide bonds. The average molecular weight is 390 g/mol. The van der Waals surface area contributed by atoms with Crippen molar-refractivity contribution >= 4 is 16.9 Å². The molecular formula is C23H27N5O. The number of hydrogen-bond donors (Lipinski definition) is 1. The first kappa shape index (κ1) is 19.5. The number of nitrogens with one attached hydrogen (secondary N) is 1. The van der Waals surface area contributed by atoms with Crippen molar-refractivity contribution in [2.75, 3.05) is 32.7 Å². The topological polar surface area (TPSA) is 61.4 Å². The van der Waals surface area contributed by atoms with Gasteiger partial charge in [-0.1, -0.05) is 43.3 Å². The highest BCUT2D eigenvalue weighted by molar-refractivity contribution is 5.93. The highest BCUT2D eigenvalue weighted by Gasteiger charge is 2.17. The lowest BCUT2D eigenvalue weighted by atomic mass is 10.1. The number of carbonyl (C=O) groups excluding carboxylic acids is 1. The van der Waals surface area contributed by atoms with Crippen LogP contribution in [0, 0.1) is 0 Å². The van der Waals surface area contributed by atoms with Gasteiger partial charge in [0.2, 0.25) is 0 Å². The number of hydrogen-bond acceptors (Lipinski definition) is 5. The van der Waals surface area contributed by atoms with Crippen LogP contribution in [-0.4, -0.2) is 58.4 Å². The number of nitrogens with zero attached hydrogens (tertiary/aromatic N) is 4. The number of likely N-dealkylation sites (N-methyl/N-ethyl adjacent to an activating group) is 1. The molecule has 0 unspecified atom stereocenters. The zero-order valence-electron chi connectivity index (χ0n) is 16.8. The van der Waals surface area contributed by atoms with E-state index in [4.69, 9.17) is 0 Å². The Morgan fingerprint density at radius 2 is 1.59 bits per heavy atom. The second kappa shape index (κ2) is 9.11. The standard InChI is InChI=1S/C23H27N5O/c1-2-27-11-13-28(14-12-27)17-19-8-4-3-7-18(19)15-25-23(29)22-16-24-20-9-5-6-10-21(20)26-22/h3-10,16H,2,11-15,17H2,1H3,(H,25,29). The Bertz CT molecular complexity index is 982. The van der Waals surface area contributed by atoms with Crippen molar-refractivity contribution in [3.63, 3.8) is 0 Å². The quantitative estimate of drug-likeness (QED) is 0.702. The fourth-order valence-electron chi connectivity index (χ4n) is 3.72. The molecule has 0 radical (unpaired) electrons. The molecule has 4 rings (SSSR count). The predicted molar refractivity (Wildman–Crippen MR) is 115 cm³/mol. The minimum atomic E-state index is -0.199. The minimum absolute atomic E-state index is 0.199. The van der Waals surface area contributed by atoms with Crippen LogP contribution in [0.25, 0.3) is 11.0 Å². The summed E-state index contributed by atoms with van der Waals surface area (Å²) in [5.74, 6) is -0.199. The molecule has 0 saturated carbocycles. The lowest BCUT2D eigenvalue weighted by Crippen LogP contribution is -2.45. The van der Waals surface area contributed by atoms with Gasteiger partial charge in [-0.2, -0.15) is 0 Å². The van der Waals surface area contributed by atoms with Crippen LogP contribution in [0.15, 0.2) is 54.7 Å². The Morgan fingerprint density at radius 1 is 0.931 bits per heavy atom. The molecule has 0 bridgehead atoms. The molecule has 29 heavy (non-hydrogen) atoms. The summed E-state index contributed by atoms with van der Waals surface area (Å²) < 4.78 is 0. The largest absolute Gasteiger partial charge is 0.347 e. The van der Waals surface area contributed by atoms with Crippen LogP contribution in [-0.2, 0) is 13.1 Å². The van der Waals surface area contributed by atoms with Gasteiger partial charge in [0.15, 0.2) is 0 Å². The number of piperazine rings is 1. The van der Waals surface area contributed by atoms with Gasteiger partial charge < -0.3 is 10.2 Å². The molecule has 3 aromatic rings. The van der Waals surface area contributed by atoms with Crippen LogP contribution in [0.2, 0.25) is 0 Å². The maximum atomic E-state index is 12.6. The highest BCUT2D eigenvalue weighted by atomic mass is 16.1. The number of amides is 1. The molecule has 1 aliphatic heterocycles. The summed E-state index contributed by atoms with van der Waals surface area (Å²) in [6, 6.07) is 15.9. The number of benzene rings is 2. The van der Waals surface area contributed by atoms with Gasteiger partial charge in [0, 0.05) is 39.3 Å². The van der Waals surface area contributed by atoms with Crippen LogP contribution in [0.5, 0.6) is 0 Å². The Hall–Kier alpha value is -2.83. The minimum Gasteiger partial charge on any atom is -0.347 e. The van der Waals surface area contributed by atoms with Gasteiger partial charge in [-0.25, -0.2) is 4.98 Å². The van der Waals surface area contributed by atoms with Crippen LogP contribution in [0.4, 0.5) is 0 Å². The second-order valence-corrected chi connectivity index (χ2v) is 7.41. The SMILES string of the molecule is CCN1CCN(Cc2ccccc2CNC(=O)c2cnc3ccccc3n2)CC1. The summed E-state index contributed by atoms with van der Waals surface area (Å²) in [5.41, 5.74) is 4.27. The Balaban J connectivity index is 1.39. The molecule has 1 N–H and O–H groups in total. The summed E-state index contributed by atoms with van der Waals surface area (Å²) in [5, 5.41) is 3.01. The average Bonchev–Trinajstić information content (AvgIpc) is 2.78. The van der Waals surface area contributed by atoms with Crippen molar-refractivity contribution in [3.8, 4) is 0 Å². The van der Waals surface area contributed by atoms with Crippen molar-refractivity contribution in [2.24, 2.45) is 0 Å². The van der Waals surface area contributed by atoms with Crippen LogP contribution in [0.3, 0.4) is 0 Å². The molecule has 2 aromatic carbocycles. The second-order valence-electron chi connectivity index (χ2n) is 7.41. The zero-order chi connectivity index (χ0) is 20.1. The molecule has 150 valence electrons. The van der Waals surface area contributed by atoms with E-state index in [0.717, 1.165) is 55.9 Å². The highest BCUT2D eigenvalue weighted by Crippen LogP contribution is 2.14. The molecule has 1 aliphatic rings. The zero-order valence-corrected chi connectivity index (χ0v) is 16.8. The monoisotopic (exact) mass is 389 g/mol. The Kier molecular flexibility index (Phi) is 6.12. The molecule has 0 aliphatic carbocycles. The summed E-state index contributed by atoms with van der Waals surface area (Å²) in [7, 11) is 0. The van der Waals surface area contributed by atoms with Crippen LogP contribution in [0.1, 0.15) is 28.5 Å². The van der Waals surface area contributed by atoms with Gasteiger partial charge in [-0.05, 0) is 29.8 Å². The lowest BCUT2D eigenvalue weighted by Gasteiger charge is -2.34. The molecular weight excluding hydrogens is 362 g/mol. The summed E-state index contributed by atoms with van der Waals surface area (Å²) in [4.78, 5) is 26.3. The van der Waals surface area contributed by atoms with Crippen molar-refractivity contribution in [1.82, 2.24) is 25.1 Å². The van der Waals surface area contributed by atoms with Gasteiger partial charge in [0.1, 0.15) is 5.69 Å². The van der Waals surface area contributed by atoms with Crippen molar-refractivity contribution in [1.29, 1.82) is 0 Å².